The predicted octanol–water partition coefficient (Wildman–Crippen LogP) is 2.62. The zero-order valence-corrected chi connectivity index (χ0v) is 11.9. The summed E-state index contributed by atoms with van der Waals surface area (Å²) in [7, 11) is 1.94. The van der Waals surface area contributed by atoms with Gasteiger partial charge in [0, 0.05) is 12.7 Å². The molecule has 2 heterocycles. The maximum Gasteiger partial charge on any atom is 0.339 e. The molecule has 2 aromatic rings. The molecule has 2 rings (SSSR count). The fourth-order valence-electron chi connectivity index (χ4n) is 2.02. The van der Waals surface area contributed by atoms with Crippen molar-refractivity contribution >= 4 is 5.97 Å². The Hall–Kier alpha value is -2.14. The summed E-state index contributed by atoms with van der Waals surface area (Å²) in [6.07, 6.45) is 1.84. The lowest BCUT2D eigenvalue weighted by molar-refractivity contribution is 0.0695. The van der Waals surface area contributed by atoms with E-state index in [0.29, 0.717) is 24.6 Å². The summed E-state index contributed by atoms with van der Waals surface area (Å²) in [6, 6.07) is 5.59. The summed E-state index contributed by atoms with van der Waals surface area (Å²) >= 11 is 0. The number of aromatic carboxylic acids is 1. The fourth-order valence-corrected chi connectivity index (χ4v) is 2.02. The molecule has 0 aromatic carbocycles. The summed E-state index contributed by atoms with van der Waals surface area (Å²) in [5, 5.41) is 8.99. The van der Waals surface area contributed by atoms with Crippen molar-refractivity contribution in [3.8, 4) is 0 Å². The van der Waals surface area contributed by atoms with Crippen LogP contribution in [0.15, 0.2) is 28.8 Å². The number of hydrogen-bond acceptors (Lipinski definition) is 4. The molecule has 0 radical (unpaired) electrons. The van der Waals surface area contributed by atoms with Gasteiger partial charge in [0.1, 0.15) is 17.1 Å². The smallest absolute Gasteiger partial charge is 0.339 e. The molecular formula is C15H18N2O3. The Morgan fingerprint density at radius 2 is 2.10 bits per heavy atom. The maximum absolute atomic E-state index is 11.0. The van der Waals surface area contributed by atoms with Crippen LogP contribution in [0.4, 0.5) is 0 Å². The highest BCUT2D eigenvalue weighted by atomic mass is 16.4. The van der Waals surface area contributed by atoms with Gasteiger partial charge in [-0.3, -0.25) is 9.88 Å². The molecule has 0 saturated heterocycles. The molecule has 0 amide bonds. The third-order valence-corrected chi connectivity index (χ3v) is 3.03. The van der Waals surface area contributed by atoms with E-state index in [2.05, 4.69) is 4.98 Å². The number of hydrogen-bond donors (Lipinski definition) is 1. The Morgan fingerprint density at radius 1 is 1.35 bits per heavy atom. The molecule has 0 atom stereocenters. The molecule has 2 aromatic heterocycles. The number of aryl methyl sites for hydroxylation is 2. The second-order valence-electron chi connectivity index (χ2n) is 4.99. The van der Waals surface area contributed by atoms with Crippen molar-refractivity contribution in [3.63, 3.8) is 0 Å². The monoisotopic (exact) mass is 274 g/mol. The first-order chi connectivity index (χ1) is 9.45. The van der Waals surface area contributed by atoms with Crippen molar-refractivity contribution < 1.29 is 14.3 Å². The van der Waals surface area contributed by atoms with Crippen molar-refractivity contribution in [3.05, 3.63) is 52.7 Å². The molecule has 20 heavy (non-hydrogen) atoms. The van der Waals surface area contributed by atoms with E-state index in [-0.39, 0.29) is 5.56 Å². The highest BCUT2D eigenvalue weighted by Crippen LogP contribution is 2.16. The summed E-state index contributed by atoms with van der Waals surface area (Å²) in [4.78, 5) is 17.3. The van der Waals surface area contributed by atoms with Crippen LogP contribution in [-0.2, 0) is 13.1 Å². The lowest BCUT2D eigenvalue weighted by atomic mass is 10.2. The van der Waals surface area contributed by atoms with Crippen LogP contribution in [-0.4, -0.2) is 28.0 Å². The number of carboxylic acids is 1. The number of aromatic nitrogens is 1. The second-order valence-corrected chi connectivity index (χ2v) is 4.99. The molecule has 0 saturated carbocycles. The van der Waals surface area contributed by atoms with E-state index < -0.39 is 5.97 Å². The van der Waals surface area contributed by atoms with Gasteiger partial charge in [-0.05, 0) is 38.6 Å². The summed E-state index contributed by atoms with van der Waals surface area (Å²) in [5.41, 5.74) is 2.32. The number of carboxylic acid groups (broad SMARTS) is 1. The summed E-state index contributed by atoms with van der Waals surface area (Å²) in [6.45, 7) is 4.89. The standard InChI is InChI=1S/C15H18N2O3/c1-10-4-5-12(16-7-10)8-17(3)9-13-6-14(15(18)19)11(2)20-13/h4-7H,8-9H2,1-3H3,(H,18,19). The van der Waals surface area contributed by atoms with Crippen LogP contribution < -0.4 is 0 Å². The molecule has 0 aliphatic rings. The lowest BCUT2D eigenvalue weighted by Crippen LogP contribution is -2.17. The van der Waals surface area contributed by atoms with Crippen LogP contribution in [0, 0.1) is 13.8 Å². The van der Waals surface area contributed by atoms with Gasteiger partial charge >= 0.3 is 5.97 Å². The first kappa shape index (κ1) is 14.3. The van der Waals surface area contributed by atoms with E-state index in [1.807, 2.05) is 37.2 Å². The zero-order chi connectivity index (χ0) is 14.7. The molecule has 5 heteroatoms. The van der Waals surface area contributed by atoms with Gasteiger partial charge in [-0.1, -0.05) is 6.07 Å². The van der Waals surface area contributed by atoms with Crippen molar-refractivity contribution in [1.29, 1.82) is 0 Å². The van der Waals surface area contributed by atoms with Crippen molar-refractivity contribution in [2.24, 2.45) is 0 Å². The number of furan rings is 1. The third-order valence-electron chi connectivity index (χ3n) is 3.03. The van der Waals surface area contributed by atoms with Crippen LogP contribution >= 0.6 is 0 Å². The second kappa shape index (κ2) is 5.88. The van der Waals surface area contributed by atoms with E-state index in [1.54, 1.807) is 13.0 Å². The number of nitrogens with zero attached hydrogens (tertiary/aromatic N) is 2. The van der Waals surface area contributed by atoms with E-state index in [0.717, 1.165) is 11.3 Å². The highest BCUT2D eigenvalue weighted by Gasteiger charge is 2.14. The molecule has 1 N–H and O–H groups in total. The maximum atomic E-state index is 11.0. The average molecular weight is 274 g/mol. The predicted molar refractivity (Wildman–Crippen MR) is 74.5 cm³/mol. The van der Waals surface area contributed by atoms with Crippen LogP contribution in [0.3, 0.4) is 0 Å². The third kappa shape index (κ3) is 3.45. The van der Waals surface area contributed by atoms with Crippen LogP contribution in [0.25, 0.3) is 0 Å². The molecule has 0 unspecified atom stereocenters. The molecule has 0 bridgehead atoms. The lowest BCUT2D eigenvalue weighted by Gasteiger charge is -2.14. The fraction of sp³-hybridized carbons (Fsp3) is 0.333. The van der Waals surface area contributed by atoms with Gasteiger partial charge in [0.2, 0.25) is 0 Å². The van der Waals surface area contributed by atoms with E-state index in [9.17, 15) is 4.79 Å². The van der Waals surface area contributed by atoms with Crippen molar-refractivity contribution in [2.75, 3.05) is 7.05 Å². The SMILES string of the molecule is Cc1ccc(CN(C)Cc2cc(C(=O)O)c(C)o2)nc1. The Labute approximate surface area is 117 Å². The van der Waals surface area contributed by atoms with Gasteiger partial charge in [0.05, 0.1) is 12.2 Å². The molecule has 0 aliphatic carbocycles. The molecular weight excluding hydrogens is 256 g/mol. The largest absolute Gasteiger partial charge is 0.478 e. The number of carbonyl (C=O) groups is 1. The highest BCUT2D eigenvalue weighted by molar-refractivity contribution is 5.88. The molecule has 106 valence electrons. The minimum atomic E-state index is -0.958. The minimum absolute atomic E-state index is 0.224. The molecule has 0 fully saturated rings. The van der Waals surface area contributed by atoms with Gasteiger partial charge in [0.25, 0.3) is 0 Å². The van der Waals surface area contributed by atoms with Crippen LogP contribution in [0.1, 0.15) is 33.1 Å². The van der Waals surface area contributed by atoms with E-state index >= 15 is 0 Å². The van der Waals surface area contributed by atoms with E-state index in [4.69, 9.17) is 9.52 Å². The normalized spacial score (nSPS) is 11.0. The Kier molecular flexibility index (Phi) is 4.20. The number of rotatable bonds is 5. The van der Waals surface area contributed by atoms with Gasteiger partial charge in [-0.15, -0.1) is 0 Å². The van der Waals surface area contributed by atoms with Crippen molar-refractivity contribution in [1.82, 2.24) is 9.88 Å². The van der Waals surface area contributed by atoms with Gasteiger partial charge in [0.15, 0.2) is 0 Å². The molecule has 0 spiro atoms. The quantitative estimate of drug-likeness (QED) is 0.907. The first-order valence-corrected chi connectivity index (χ1v) is 6.38. The Morgan fingerprint density at radius 3 is 2.65 bits per heavy atom. The average Bonchev–Trinajstić information content (AvgIpc) is 2.73. The van der Waals surface area contributed by atoms with Gasteiger partial charge in [-0.2, -0.15) is 0 Å². The van der Waals surface area contributed by atoms with Gasteiger partial charge in [-0.25, -0.2) is 4.79 Å². The van der Waals surface area contributed by atoms with Crippen LogP contribution in [0.5, 0.6) is 0 Å². The zero-order valence-electron chi connectivity index (χ0n) is 11.9. The molecule has 0 aliphatic heterocycles. The topological polar surface area (TPSA) is 66.6 Å². The first-order valence-electron chi connectivity index (χ1n) is 6.38. The summed E-state index contributed by atoms with van der Waals surface area (Å²) < 4.78 is 5.46. The van der Waals surface area contributed by atoms with E-state index in [1.165, 1.54) is 0 Å². The minimum Gasteiger partial charge on any atom is -0.478 e. The van der Waals surface area contributed by atoms with Gasteiger partial charge < -0.3 is 9.52 Å². The van der Waals surface area contributed by atoms with Crippen LogP contribution in [0.2, 0.25) is 0 Å². The Bertz CT molecular complexity index is 602. The van der Waals surface area contributed by atoms with Crippen molar-refractivity contribution in [2.45, 2.75) is 26.9 Å². The Balaban J connectivity index is 2.00. The molecule has 5 nitrogen and oxygen atoms in total. The number of pyridine rings is 1. The summed E-state index contributed by atoms with van der Waals surface area (Å²) in [5.74, 6) is 0.129.